The molecule has 32 heavy (non-hydrogen) atoms. The molecule has 2 heterocycles. The van der Waals surface area contributed by atoms with Gasteiger partial charge in [-0.25, -0.2) is 13.8 Å². The average Bonchev–Trinajstić information content (AvgIpc) is 3.61. The van der Waals surface area contributed by atoms with Gasteiger partial charge in [0, 0.05) is 38.2 Å². The Hall–Kier alpha value is -3.01. The number of likely N-dealkylation sites (N-methyl/N-ethyl adjacent to an activating group) is 1. The number of methoxy groups -OCH3 is 1. The van der Waals surface area contributed by atoms with Crippen LogP contribution in [-0.2, 0) is 4.79 Å². The Balaban J connectivity index is 1.79. The predicted octanol–water partition coefficient (Wildman–Crippen LogP) is 2.88. The SMILES string of the molecule is COc1nc(N2CCNC(=N)N(C)C(=O)[C@@H](c3cc(F)ccc3F)C2)nc(C2CC2)c1Cl. The van der Waals surface area contributed by atoms with Gasteiger partial charge in [-0.05, 0) is 31.0 Å². The molecular weight excluding hydrogens is 442 g/mol. The quantitative estimate of drug-likeness (QED) is 0.722. The predicted molar refractivity (Wildman–Crippen MR) is 115 cm³/mol. The summed E-state index contributed by atoms with van der Waals surface area (Å²) in [5.41, 5.74) is 0.580. The van der Waals surface area contributed by atoms with Crippen molar-refractivity contribution in [2.24, 2.45) is 0 Å². The van der Waals surface area contributed by atoms with Gasteiger partial charge in [0.25, 0.3) is 0 Å². The summed E-state index contributed by atoms with van der Waals surface area (Å²) in [6, 6.07) is 3.00. The first-order valence-corrected chi connectivity index (χ1v) is 10.6. The van der Waals surface area contributed by atoms with Crippen molar-refractivity contribution >= 4 is 29.4 Å². The van der Waals surface area contributed by atoms with Gasteiger partial charge in [0.15, 0.2) is 5.96 Å². The molecule has 1 aliphatic heterocycles. The summed E-state index contributed by atoms with van der Waals surface area (Å²) < 4.78 is 34.0. The Morgan fingerprint density at radius 3 is 2.72 bits per heavy atom. The second-order valence-corrected chi connectivity index (χ2v) is 8.22. The number of guanidine groups is 1. The van der Waals surface area contributed by atoms with Crippen LogP contribution >= 0.6 is 11.6 Å². The van der Waals surface area contributed by atoms with Gasteiger partial charge in [0.1, 0.15) is 16.7 Å². The Morgan fingerprint density at radius 1 is 1.28 bits per heavy atom. The first kappa shape index (κ1) is 22.2. The summed E-state index contributed by atoms with van der Waals surface area (Å²) in [4.78, 5) is 25.0. The van der Waals surface area contributed by atoms with Crippen LogP contribution in [0.2, 0.25) is 5.02 Å². The van der Waals surface area contributed by atoms with Crippen LogP contribution in [0.5, 0.6) is 5.88 Å². The fraction of sp³-hybridized carbons (Fsp3) is 0.429. The van der Waals surface area contributed by atoms with Crippen LogP contribution in [0.4, 0.5) is 14.7 Å². The van der Waals surface area contributed by atoms with E-state index in [0.717, 1.165) is 35.9 Å². The number of hydrogen-bond donors (Lipinski definition) is 2. The van der Waals surface area contributed by atoms with Gasteiger partial charge in [0.2, 0.25) is 17.7 Å². The van der Waals surface area contributed by atoms with Gasteiger partial charge in [-0.1, -0.05) is 11.6 Å². The summed E-state index contributed by atoms with van der Waals surface area (Å²) in [5, 5.41) is 11.3. The number of rotatable bonds is 4. The number of nitrogens with zero attached hydrogens (tertiary/aromatic N) is 4. The molecule has 1 aromatic carbocycles. The molecule has 0 radical (unpaired) electrons. The van der Waals surface area contributed by atoms with Crippen molar-refractivity contribution in [2.75, 3.05) is 38.7 Å². The van der Waals surface area contributed by atoms with E-state index in [1.54, 1.807) is 4.90 Å². The van der Waals surface area contributed by atoms with Gasteiger partial charge >= 0.3 is 0 Å². The van der Waals surface area contributed by atoms with E-state index in [0.29, 0.717) is 23.8 Å². The van der Waals surface area contributed by atoms with Crippen LogP contribution in [0.3, 0.4) is 0 Å². The smallest absolute Gasteiger partial charge is 0.238 e. The van der Waals surface area contributed by atoms with Crippen LogP contribution in [0.15, 0.2) is 18.2 Å². The lowest BCUT2D eigenvalue weighted by molar-refractivity contribution is -0.128. The topological polar surface area (TPSA) is 94.4 Å². The van der Waals surface area contributed by atoms with E-state index in [4.69, 9.17) is 21.7 Å². The fourth-order valence-electron chi connectivity index (χ4n) is 3.69. The van der Waals surface area contributed by atoms with Crippen molar-refractivity contribution in [1.82, 2.24) is 20.2 Å². The molecule has 1 aliphatic carbocycles. The lowest BCUT2D eigenvalue weighted by Gasteiger charge is -2.28. The molecule has 11 heteroatoms. The van der Waals surface area contributed by atoms with Crippen LogP contribution in [-0.4, -0.2) is 60.5 Å². The zero-order valence-corrected chi connectivity index (χ0v) is 18.4. The van der Waals surface area contributed by atoms with E-state index >= 15 is 0 Å². The molecule has 1 saturated carbocycles. The number of benzene rings is 1. The van der Waals surface area contributed by atoms with Gasteiger partial charge < -0.3 is 15.0 Å². The molecule has 1 aromatic heterocycles. The van der Waals surface area contributed by atoms with Crippen molar-refractivity contribution in [1.29, 1.82) is 5.41 Å². The van der Waals surface area contributed by atoms with Crippen LogP contribution in [0.25, 0.3) is 0 Å². The molecule has 2 N–H and O–H groups in total. The van der Waals surface area contributed by atoms with E-state index in [9.17, 15) is 13.6 Å². The highest BCUT2D eigenvalue weighted by atomic mass is 35.5. The van der Waals surface area contributed by atoms with Crippen molar-refractivity contribution in [2.45, 2.75) is 24.7 Å². The number of aromatic nitrogens is 2. The average molecular weight is 465 g/mol. The monoisotopic (exact) mass is 464 g/mol. The fourth-order valence-corrected chi connectivity index (χ4v) is 4.01. The number of anilines is 1. The minimum Gasteiger partial charge on any atom is -0.480 e. The lowest BCUT2D eigenvalue weighted by atomic mass is 9.96. The van der Waals surface area contributed by atoms with Crippen LogP contribution in [0.1, 0.15) is 35.9 Å². The number of halogens is 3. The maximum Gasteiger partial charge on any atom is 0.238 e. The highest BCUT2D eigenvalue weighted by Gasteiger charge is 2.35. The molecule has 1 atom stereocenters. The maximum absolute atomic E-state index is 14.7. The molecular formula is C21H23ClF2N6O2. The number of ether oxygens (including phenoxy) is 1. The summed E-state index contributed by atoms with van der Waals surface area (Å²) in [6.07, 6.45) is 1.91. The molecule has 2 aliphatic rings. The minimum absolute atomic E-state index is 0.0204. The number of carbonyl (C=O) groups is 1. The van der Waals surface area contributed by atoms with Crippen molar-refractivity contribution in [3.05, 3.63) is 46.1 Å². The highest BCUT2D eigenvalue weighted by Crippen LogP contribution is 2.45. The Bertz CT molecular complexity index is 1060. The van der Waals surface area contributed by atoms with E-state index < -0.39 is 23.5 Å². The van der Waals surface area contributed by atoms with E-state index in [1.807, 2.05) is 0 Å². The Kier molecular flexibility index (Phi) is 6.14. The van der Waals surface area contributed by atoms with Crippen LogP contribution < -0.4 is 15.0 Å². The zero-order chi connectivity index (χ0) is 23.0. The second kappa shape index (κ2) is 8.85. The first-order valence-electron chi connectivity index (χ1n) is 10.2. The number of hydrogen-bond acceptors (Lipinski definition) is 6. The molecule has 0 unspecified atom stereocenters. The Morgan fingerprint density at radius 2 is 2.03 bits per heavy atom. The molecule has 0 spiro atoms. The molecule has 1 saturated heterocycles. The van der Waals surface area contributed by atoms with E-state index in [2.05, 4.69) is 15.3 Å². The van der Waals surface area contributed by atoms with Crippen molar-refractivity contribution in [3.8, 4) is 5.88 Å². The summed E-state index contributed by atoms with van der Waals surface area (Å²) in [5.74, 6) is -2.43. The summed E-state index contributed by atoms with van der Waals surface area (Å²) in [6.45, 7) is 0.598. The second-order valence-electron chi connectivity index (χ2n) is 7.84. The number of amides is 1. The summed E-state index contributed by atoms with van der Waals surface area (Å²) in [7, 11) is 2.88. The van der Waals surface area contributed by atoms with E-state index in [1.165, 1.54) is 14.2 Å². The molecule has 170 valence electrons. The number of nitrogens with one attached hydrogen (secondary N) is 2. The molecule has 2 fully saturated rings. The first-order chi connectivity index (χ1) is 15.3. The minimum atomic E-state index is -1.09. The third-order valence-electron chi connectivity index (χ3n) is 5.65. The zero-order valence-electron chi connectivity index (χ0n) is 17.7. The largest absolute Gasteiger partial charge is 0.480 e. The van der Waals surface area contributed by atoms with Gasteiger partial charge in [-0.15, -0.1) is 0 Å². The third-order valence-corrected chi connectivity index (χ3v) is 6.00. The third kappa shape index (κ3) is 4.32. The Labute approximate surface area is 189 Å². The van der Waals surface area contributed by atoms with E-state index in [-0.39, 0.29) is 35.8 Å². The van der Waals surface area contributed by atoms with Crippen LogP contribution in [0, 0.1) is 17.0 Å². The normalized spacial score (nSPS) is 19.8. The number of carbonyl (C=O) groups excluding carboxylic acids is 1. The lowest BCUT2D eigenvalue weighted by Crippen LogP contribution is -2.44. The van der Waals surface area contributed by atoms with Gasteiger partial charge in [-0.3, -0.25) is 15.1 Å². The summed E-state index contributed by atoms with van der Waals surface area (Å²) >= 11 is 6.40. The molecule has 4 rings (SSSR count). The molecule has 1 amide bonds. The molecule has 0 bridgehead atoms. The maximum atomic E-state index is 14.7. The van der Waals surface area contributed by atoms with Gasteiger partial charge in [0.05, 0.1) is 18.7 Å². The standard InChI is InChI=1S/C21H23ClF2N6O2/c1-29-19(31)14(13-9-12(23)5-6-15(13)24)10-30(8-7-26-20(29)25)21-27-17(11-3-4-11)16(22)18(28-21)32-2/h5-6,9,11,14H,3-4,7-8,10H2,1-2H3,(H2,25,26)/t14-/m1/s1. The molecule has 2 aromatic rings. The highest BCUT2D eigenvalue weighted by molar-refractivity contribution is 6.32. The molecule has 8 nitrogen and oxygen atoms in total. The van der Waals surface area contributed by atoms with Crippen molar-refractivity contribution in [3.63, 3.8) is 0 Å². The van der Waals surface area contributed by atoms with Gasteiger partial charge in [-0.2, -0.15) is 4.98 Å². The van der Waals surface area contributed by atoms with Crippen molar-refractivity contribution < 1.29 is 18.3 Å².